The molecule has 0 spiro atoms. The Kier molecular flexibility index (Phi) is 7.52. The minimum absolute atomic E-state index is 0.194. The predicted molar refractivity (Wildman–Crippen MR) is 133 cm³/mol. The van der Waals surface area contributed by atoms with Crippen molar-refractivity contribution < 1.29 is 32.0 Å². The van der Waals surface area contributed by atoms with Crippen LogP contribution in [0.4, 0.5) is 27.8 Å². The maximum absolute atomic E-state index is 13.2. The van der Waals surface area contributed by atoms with Crippen LogP contribution in [0.25, 0.3) is 22.8 Å². The fourth-order valence-electron chi connectivity index (χ4n) is 4.29. The Balaban J connectivity index is 1.39. The lowest BCUT2D eigenvalue weighted by Crippen LogP contribution is -2.77. The topological polar surface area (TPSA) is 119 Å². The molecule has 0 aliphatic heterocycles. The van der Waals surface area contributed by atoms with Crippen molar-refractivity contribution in [3.63, 3.8) is 0 Å². The van der Waals surface area contributed by atoms with Crippen LogP contribution in [0.2, 0.25) is 0 Å². The monoisotopic (exact) mass is 559 g/mol. The number of imidazole rings is 1. The third kappa shape index (κ3) is 5.81. The van der Waals surface area contributed by atoms with E-state index in [-0.39, 0.29) is 17.3 Å². The first-order valence-electron chi connectivity index (χ1n) is 12.3. The quantitative estimate of drug-likeness (QED) is 0.220. The summed E-state index contributed by atoms with van der Waals surface area (Å²) in [5.41, 5.74) is 1.73. The zero-order valence-electron chi connectivity index (χ0n) is 21.2. The molecule has 0 amide bonds. The molecule has 3 N–H and O–H groups in total. The molecule has 1 aromatic carbocycles. The number of benzene rings is 1. The lowest BCUT2D eigenvalue weighted by Gasteiger charge is -2.11. The normalized spacial score (nSPS) is 13.6. The Hall–Kier alpha value is -4.33. The zero-order chi connectivity index (χ0) is 28.4. The van der Waals surface area contributed by atoms with Crippen molar-refractivity contribution in [3.8, 4) is 28.7 Å². The number of ether oxygens (including phenoxy) is 1. The molecule has 0 unspecified atom stereocenters. The number of aromatic nitrogens is 6. The molecule has 14 heteroatoms. The highest BCUT2D eigenvalue weighted by molar-refractivity contribution is 5.82. The first kappa shape index (κ1) is 27.2. The highest BCUT2D eigenvalue weighted by Gasteiger charge is 2.35. The van der Waals surface area contributed by atoms with Gasteiger partial charge in [-0.25, -0.2) is 28.7 Å². The number of methoxy groups -OCH3 is 1. The van der Waals surface area contributed by atoms with Crippen LogP contribution >= 0.6 is 0 Å². The molecular formula is C26H24F5N8O+. The number of halogens is 5. The number of quaternary nitrogens is 1. The van der Waals surface area contributed by atoms with Gasteiger partial charge < -0.3 is 14.7 Å². The summed E-state index contributed by atoms with van der Waals surface area (Å²) in [7, 11) is 1.51. The second-order valence-corrected chi connectivity index (χ2v) is 9.19. The third-order valence-electron chi connectivity index (χ3n) is 6.37. The van der Waals surface area contributed by atoms with Crippen molar-refractivity contribution in [2.45, 2.75) is 44.5 Å². The summed E-state index contributed by atoms with van der Waals surface area (Å²) in [5.74, 6) is 1.32. The highest BCUT2D eigenvalue weighted by atomic mass is 19.4. The average molecular weight is 560 g/mol. The molecule has 1 aliphatic carbocycles. The van der Waals surface area contributed by atoms with Crippen LogP contribution in [0.5, 0.6) is 5.88 Å². The smallest absolute Gasteiger partial charge is 0.434 e. The van der Waals surface area contributed by atoms with Gasteiger partial charge in [-0.05, 0) is 12.8 Å². The summed E-state index contributed by atoms with van der Waals surface area (Å²) in [6.45, 7) is -0.537. The minimum Gasteiger partial charge on any atom is -0.480 e. The van der Waals surface area contributed by atoms with E-state index in [1.165, 1.54) is 31.8 Å². The Morgan fingerprint density at radius 1 is 1.12 bits per heavy atom. The van der Waals surface area contributed by atoms with Crippen molar-refractivity contribution in [1.29, 1.82) is 5.41 Å². The SMILES string of the molecule is COc1ncnc(C2CC2)c1-c1ncc(C=N)c([NH2+]Cc2ccc(-c3nc(C(F)(F)F)cn3CC(F)F)cc2)n1. The number of nitrogens with two attached hydrogens (primary N) is 1. The summed E-state index contributed by atoms with van der Waals surface area (Å²) in [6.07, 6.45) is -0.879. The van der Waals surface area contributed by atoms with Crippen LogP contribution < -0.4 is 10.1 Å². The number of nitrogens with one attached hydrogen (secondary N) is 1. The molecule has 0 radical (unpaired) electrons. The van der Waals surface area contributed by atoms with Crippen LogP contribution in [0, 0.1) is 5.41 Å². The first-order chi connectivity index (χ1) is 19.2. The predicted octanol–water partition coefficient (Wildman–Crippen LogP) is 4.36. The molecule has 3 aromatic heterocycles. The van der Waals surface area contributed by atoms with Crippen molar-refractivity contribution in [2.75, 3.05) is 7.11 Å². The zero-order valence-corrected chi connectivity index (χ0v) is 21.2. The lowest BCUT2D eigenvalue weighted by atomic mass is 10.1. The van der Waals surface area contributed by atoms with E-state index in [1.807, 2.05) is 0 Å². The van der Waals surface area contributed by atoms with Gasteiger partial charge in [0, 0.05) is 35.7 Å². The molecule has 9 nitrogen and oxygen atoms in total. The van der Waals surface area contributed by atoms with Gasteiger partial charge in [0.05, 0.1) is 24.9 Å². The van der Waals surface area contributed by atoms with Gasteiger partial charge in [0.15, 0.2) is 11.5 Å². The largest absolute Gasteiger partial charge is 0.480 e. The van der Waals surface area contributed by atoms with E-state index in [2.05, 4.69) is 24.9 Å². The van der Waals surface area contributed by atoms with E-state index in [0.717, 1.165) is 34.9 Å². The van der Waals surface area contributed by atoms with Gasteiger partial charge in [-0.15, -0.1) is 0 Å². The van der Waals surface area contributed by atoms with Gasteiger partial charge in [-0.1, -0.05) is 24.3 Å². The van der Waals surface area contributed by atoms with Gasteiger partial charge >= 0.3 is 6.18 Å². The van der Waals surface area contributed by atoms with Gasteiger partial charge in [0.25, 0.3) is 6.43 Å². The molecule has 1 fully saturated rings. The van der Waals surface area contributed by atoms with Gasteiger partial charge in [-0.2, -0.15) is 18.2 Å². The van der Waals surface area contributed by atoms with Gasteiger partial charge in [0.2, 0.25) is 11.7 Å². The summed E-state index contributed by atoms with van der Waals surface area (Å²) < 4.78 is 71.7. The van der Waals surface area contributed by atoms with E-state index in [1.54, 1.807) is 17.4 Å². The van der Waals surface area contributed by atoms with Crippen LogP contribution in [0.15, 0.2) is 43.0 Å². The second-order valence-electron chi connectivity index (χ2n) is 9.19. The Bertz CT molecular complexity index is 1520. The number of nitrogens with zero attached hydrogens (tertiary/aromatic N) is 6. The minimum atomic E-state index is -4.75. The van der Waals surface area contributed by atoms with Crippen LogP contribution in [0.1, 0.15) is 41.3 Å². The summed E-state index contributed by atoms with van der Waals surface area (Å²) in [6, 6.07) is 6.41. The van der Waals surface area contributed by atoms with Crippen LogP contribution in [0.3, 0.4) is 0 Å². The van der Waals surface area contributed by atoms with Gasteiger partial charge in [-0.3, -0.25) is 5.32 Å². The van der Waals surface area contributed by atoms with Crippen molar-refractivity contribution in [2.24, 2.45) is 0 Å². The molecule has 1 saturated carbocycles. The molecule has 1 aliphatic rings. The number of hydrogen-bond acceptors (Lipinski definition) is 7. The maximum Gasteiger partial charge on any atom is 0.434 e. The number of rotatable bonds is 10. The Morgan fingerprint density at radius 2 is 1.88 bits per heavy atom. The van der Waals surface area contributed by atoms with E-state index >= 15 is 0 Å². The average Bonchev–Trinajstić information content (AvgIpc) is 3.70. The third-order valence-corrected chi connectivity index (χ3v) is 6.37. The van der Waals surface area contributed by atoms with Gasteiger partial charge in [0.1, 0.15) is 24.3 Å². The molecule has 4 aromatic rings. The van der Waals surface area contributed by atoms with E-state index in [0.29, 0.717) is 41.4 Å². The summed E-state index contributed by atoms with van der Waals surface area (Å²) in [5, 5.41) is 9.56. The second kappa shape index (κ2) is 11.0. The van der Waals surface area contributed by atoms with Crippen molar-refractivity contribution in [1.82, 2.24) is 29.5 Å². The molecule has 0 atom stereocenters. The molecular weight excluding hydrogens is 535 g/mol. The van der Waals surface area contributed by atoms with Crippen LogP contribution in [-0.4, -0.2) is 49.2 Å². The standard InChI is InChI=1S/C26H23F5N8O/c1-40-25-20(21(15-6-7-15)35-13-36-25)23-34-10-17(8-32)22(38-23)33-9-14-2-4-16(5-3-14)24-37-18(26(29,30)31)11-39(24)12-19(27)28/h2-5,8,10-11,13,15,19,32H,6-7,9,12H2,1H3,(H,33,34,38)/p+1. The molecule has 0 saturated heterocycles. The fourth-order valence-corrected chi connectivity index (χ4v) is 4.29. The van der Waals surface area contributed by atoms with Crippen molar-refractivity contribution in [3.05, 3.63) is 65.5 Å². The molecule has 40 heavy (non-hydrogen) atoms. The van der Waals surface area contributed by atoms with E-state index in [9.17, 15) is 22.0 Å². The van der Waals surface area contributed by atoms with Crippen LogP contribution in [-0.2, 0) is 19.3 Å². The van der Waals surface area contributed by atoms with E-state index < -0.39 is 24.8 Å². The summed E-state index contributed by atoms with van der Waals surface area (Å²) >= 11 is 0. The van der Waals surface area contributed by atoms with Crippen molar-refractivity contribution >= 4 is 12.0 Å². The molecule has 208 valence electrons. The Morgan fingerprint density at radius 3 is 2.50 bits per heavy atom. The number of hydrogen-bond donors (Lipinski definition) is 2. The summed E-state index contributed by atoms with van der Waals surface area (Å²) in [4.78, 5) is 21.3. The maximum atomic E-state index is 13.2. The first-order valence-corrected chi connectivity index (χ1v) is 12.3. The fraction of sp³-hybridized carbons (Fsp3) is 0.308. The van der Waals surface area contributed by atoms with E-state index in [4.69, 9.17) is 10.1 Å². The lowest BCUT2D eigenvalue weighted by molar-refractivity contribution is -0.592. The molecule has 3 heterocycles. The molecule has 0 bridgehead atoms. The highest BCUT2D eigenvalue weighted by Crippen LogP contribution is 2.44. The molecule has 5 rings (SSSR count). The number of alkyl halides is 5. The Labute approximate surface area is 225 Å².